The predicted molar refractivity (Wildman–Crippen MR) is 106 cm³/mol. The first kappa shape index (κ1) is 19.6. The number of rotatable bonds is 6. The summed E-state index contributed by atoms with van der Waals surface area (Å²) in [5.41, 5.74) is 1.67. The van der Waals surface area contributed by atoms with Crippen molar-refractivity contribution < 1.29 is 14.1 Å². The Kier molecular flexibility index (Phi) is 6.06. The summed E-state index contributed by atoms with van der Waals surface area (Å²) >= 11 is 6.13. The number of aromatic nitrogens is 2. The number of carbonyl (C=O) groups excluding carboxylic acids is 2. The van der Waals surface area contributed by atoms with Gasteiger partial charge in [-0.15, -0.1) is 0 Å². The van der Waals surface area contributed by atoms with E-state index < -0.39 is 0 Å². The van der Waals surface area contributed by atoms with Crippen molar-refractivity contribution >= 4 is 29.1 Å². The number of amides is 2. The summed E-state index contributed by atoms with van der Waals surface area (Å²) in [6, 6.07) is 14.2. The number of aryl methyl sites for hydroxylation is 1. The highest BCUT2D eigenvalue weighted by Crippen LogP contribution is 2.24. The maximum Gasteiger partial charge on any atom is 0.253 e. The lowest BCUT2D eigenvalue weighted by Gasteiger charge is -2.12. The van der Waals surface area contributed by atoms with Crippen LogP contribution >= 0.6 is 11.6 Å². The molecule has 0 fully saturated rings. The Labute approximate surface area is 167 Å². The molecule has 1 N–H and O–H groups in total. The fourth-order valence-corrected chi connectivity index (χ4v) is 2.67. The summed E-state index contributed by atoms with van der Waals surface area (Å²) in [6.45, 7) is 0. The van der Waals surface area contributed by atoms with Crippen molar-refractivity contribution in [3.63, 3.8) is 0 Å². The van der Waals surface area contributed by atoms with Crippen molar-refractivity contribution in [1.29, 1.82) is 0 Å². The molecule has 144 valence electrons. The molecule has 3 aromatic rings. The minimum atomic E-state index is -0.268. The maximum atomic E-state index is 12.3. The number of benzene rings is 2. The van der Waals surface area contributed by atoms with Crippen LogP contribution in [0.3, 0.4) is 0 Å². The molecule has 3 rings (SSSR count). The molecule has 0 unspecified atom stereocenters. The van der Waals surface area contributed by atoms with Crippen molar-refractivity contribution in [2.45, 2.75) is 12.8 Å². The van der Waals surface area contributed by atoms with Gasteiger partial charge in [0.25, 0.3) is 5.91 Å². The summed E-state index contributed by atoms with van der Waals surface area (Å²) in [4.78, 5) is 30.1. The third-order valence-corrected chi connectivity index (χ3v) is 4.29. The van der Waals surface area contributed by atoms with Gasteiger partial charge in [-0.05, 0) is 18.2 Å². The van der Waals surface area contributed by atoms with Gasteiger partial charge in [0.1, 0.15) is 0 Å². The minimum absolute atomic E-state index is 0.138. The molecule has 0 atom stereocenters. The first-order valence-corrected chi connectivity index (χ1v) is 9.01. The van der Waals surface area contributed by atoms with Crippen molar-refractivity contribution in [3.8, 4) is 11.4 Å². The second kappa shape index (κ2) is 8.67. The Morgan fingerprint density at radius 2 is 1.89 bits per heavy atom. The van der Waals surface area contributed by atoms with Crippen LogP contribution < -0.4 is 5.32 Å². The van der Waals surface area contributed by atoms with E-state index in [4.69, 9.17) is 16.1 Å². The number of anilines is 1. The maximum absolute atomic E-state index is 12.3. The molecule has 0 bridgehead atoms. The molecular formula is C20H19ClN4O3. The van der Waals surface area contributed by atoms with E-state index in [-0.39, 0.29) is 18.2 Å². The van der Waals surface area contributed by atoms with Crippen LogP contribution in [0.5, 0.6) is 0 Å². The van der Waals surface area contributed by atoms with E-state index in [1.165, 1.54) is 4.90 Å². The van der Waals surface area contributed by atoms with E-state index >= 15 is 0 Å². The van der Waals surface area contributed by atoms with Crippen LogP contribution in [0.4, 0.5) is 5.69 Å². The van der Waals surface area contributed by atoms with Gasteiger partial charge in [0.15, 0.2) is 0 Å². The number of nitrogens with one attached hydrogen (secondary N) is 1. The zero-order valence-corrected chi connectivity index (χ0v) is 16.2. The van der Waals surface area contributed by atoms with Crippen LogP contribution in [0, 0.1) is 0 Å². The summed E-state index contributed by atoms with van der Waals surface area (Å²) in [6.07, 6.45) is 0.429. The highest BCUT2D eigenvalue weighted by Gasteiger charge is 2.14. The minimum Gasteiger partial charge on any atom is -0.345 e. The van der Waals surface area contributed by atoms with Gasteiger partial charge >= 0.3 is 0 Å². The van der Waals surface area contributed by atoms with E-state index in [0.717, 1.165) is 5.56 Å². The smallest absolute Gasteiger partial charge is 0.253 e. The Morgan fingerprint density at radius 1 is 1.14 bits per heavy atom. The zero-order valence-electron chi connectivity index (χ0n) is 15.5. The molecule has 0 saturated carbocycles. The lowest BCUT2D eigenvalue weighted by molar-refractivity contribution is -0.116. The molecule has 1 aromatic heterocycles. The SMILES string of the molecule is CN(C)C(=O)c1ccc(Cl)c(NC(=O)CCc2nc(-c3ccccc3)no2)c1. The lowest BCUT2D eigenvalue weighted by Crippen LogP contribution is -2.22. The van der Waals surface area contributed by atoms with E-state index in [1.54, 1.807) is 32.3 Å². The monoisotopic (exact) mass is 398 g/mol. The highest BCUT2D eigenvalue weighted by atomic mass is 35.5. The van der Waals surface area contributed by atoms with Crippen molar-refractivity contribution in [1.82, 2.24) is 15.0 Å². The molecular weight excluding hydrogens is 380 g/mol. The third-order valence-electron chi connectivity index (χ3n) is 3.96. The molecule has 28 heavy (non-hydrogen) atoms. The van der Waals surface area contributed by atoms with Crippen molar-refractivity contribution in [2.24, 2.45) is 0 Å². The Balaban J connectivity index is 1.61. The molecule has 0 aliphatic heterocycles. The van der Waals surface area contributed by atoms with Gasteiger partial charge in [-0.1, -0.05) is 47.1 Å². The fourth-order valence-electron chi connectivity index (χ4n) is 2.51. The fraction of sp³-hybridized carbons (Fsp3) is 0.200. The molecule has 8 heteroatoms. The number of nitrogens with zero attached hydrogens (tertiary/aromatic N) is 3. The van der Waals surface area contributed by atoms with Crippen LogP contribution in [-0.2, 0) is 11.2 Å². The standard InChI is InChI=1S/C20H19ClN4O3/c1-25(2)20(27)14-8-9-15(21)16(12-14)22-17(26)10-11-18-23-19(24-28-18)13-6-4-3-5-7-13/h3-9,12H,10-11H2,1-2H3,(H,22,26). The average molecular weight is 399 g/mol. The van der Waals surface area contributed by atoms with Crippen LogP contribution in [0.15, 0.2) is 53.1 Å². The third kappa shape index (κ3) is 4.75. The molecule has 0 spiro atoms. The largest absolute Gasteiger partial charge is 0.345 e. The van der Waals surface area contributed by atoms with Gasteiger partial charge < -0.3 is 14.7 Å². The summed E-state index contributed by atoms with van der Waals surface area (Å²) in [5.74, 6) is 0.410. The lowest BCUT2D eigenvalue weighted by atomic mass is 10.1. The predicted octanol–water partition coefficient (Wildman–Crippen LogP) is 3.66. The second-order valence-electron chi connectivity index (χ2n) is 6.32. The molecule has 0 radical (unpaired) electrons. The first-order valence-electron chi connectivity index (χ1n) is 8.63. The van der Waals surface area contributed by atoms with Gasteiger partial charge in [-0.3, -0.25) is 9.59 Å². The Morgan fingerprint density at radius 3 is 2.61 bits per heavy atom. The van der Waals surface area contributed by atoms with E-state index in [1.807, 2.05) is 30.3 Å². The van der Waals surface area contributed by atoms with E-state index in [2.05, 4.69) is 15.5 Å². The molecule has 2 aromatic carbocycles. The zero-order chi connectivity index (χ0) is 20.1. The molecule has 0 aliphatic rings. The summed E-state index contributed by atoms with van der Waals surface area (Å²) in [5, 5.41) is 7.01. The van der Waals surface area contributed by atoms with Gasteiger partial charge in [0, 0.05) is 38.1 Å². The first-order chi connectivity index (χ1) is 13.4. The van der Waals surface area contributed by atoms with Gasteiger partial charge in [-0.25, -0.2) is 0 Å². The summed E-state index contributed by atoms with van der Waals surface area (Å²) < 4.78 is 5.20. The summed E-state index contributed by atoms with van der Waals surface area (Å²) in [7, 11) is 3.31. The highest BCUT2D eigenvalue weighted by molar-refractivity contribution is 6.33. The van der Waals surface area contributed by atoms with Crippen LogP contribution in [0.1, 0.15) is 22.7 Å². The van der Waals surface area contributed by atoms with Crippen molar-refractivity contribution in [2.75, 3.05) is 19.4 Å². The molecule has 2 amide bonds. The van der Waals surface area contributed by atoms with E-state index in [9.17, 15) is 9.59 Å². The normalized spacial score (nSPS) is 10.5. The van der Waals surface area contributed by atoms with Crippen LogP contribution in [0.25, 0.3) is 11.4 Å². The second-order valence-corrected chi connectivity index (χ2v) is 6.73. The number of hydrogen-bond donors (Lipinski definition) is 1. The molecule has 0 saturated heterocycles. The van der Waals surface area contributed by atoms with Gasteiger partial charge in [0.05, 0.1) is 10.7 Å². The van der Waals surface area contributed by atoms with Gasteiger partial charge in [-0.2, -0.15) is 4.98 Å². The van der Waals surface area contributed by atoms with Crippen LogP contribution in [-0.4, -0.2) is 41.0 Å². The number of hydrogen-bond acceptors (Lipinski definition) is 5. The van der Waals surface area contributed by atoms with E-state index in [0.29, 0.717) is 34.4 Å². The molecule has 1 heterocycles. The van der Waals surface area contributed by atoms with Gasteiger partial charge in [0.2, 0.25) is 17.6 Å². The average Bonchev–Trinajstić information content (AvgIpc) is 3.17. The molecule has 0 aliphatic carbocycles. The number of carbonyl (C=O) groups is 2. The van der Waals surface area contributed by atoms with Crippen LogP contribution in [0.2, 0.25) is 5.02 Å². The topological polar surface area (TPSA) is 88.3 Å². The number of halogens is 1. The quantitative estimate of drug-likeness (QED) is 0.684. The van der Waals surface area contributed by atoms with Crippen molar-refractivity contribution in [3.05, 3.63) is 65.0 Å². The Bertz CT molecular complexity index is 986. The Hall–Kier alpha value is -3.19. The molecule has 7 nitrogen and oxygen atoms in total.